The minimum absolute atomic E-state index is 0.00906. The SMILES string of the molecule is Cc1ccc(S(=O)(=O)NNc2ncnc(Nc3cc(Cl)ccc3C)c2[N+](=O)[O-])cc1. The number of rotatable bonds is 7. The lowest BCUT2D eigenvalue weighted by Crippen LogP contribution is -2.30. The van der Waals surface area contributed by atoms with Crippen molar-refractivity contribution >= 4 is 44.6 Å². The number of aromatic nitrogens is 2. The van der Waals surface area contributed by atoms with Gasteiger partial charge in [-0.25, -0.2) is 18.4 Å². The largest absolute Gasteiger partial charge is 0.354 e. The summed E-state index contributed by atoms with van der Waals surface area (Å²) in [6, 6.07) is 11.1. The number of halogens is 1. The van der Waals surface area contributed by atoms with Crippen molar-refractivity contribution in [2.75, 3.05) is 10.7 Å². The molecule has 0 aliphatic carbocycles. The predicted octanol–water partition coefficient (Wildman–Crippen LogP) is 3.70. The van der Waals surface area contributed by atoms with Gasteiger partial charge in [-0.15, -0.1) is 4.83 Å². The molecule has 0 amide bonds. The van der Waals surface area contributed by atoms with Gasteiger partial charge in [0.15, 0.2) is 0 Å². The Kier molecular flexibility index (Phi) is 6.15. The lowest BCUT2D eigenvalue weighted by molar-refractivity contribution is -0.383. The fourth-order valence-electron chi connectivity index (χ4n) is 2.48. The van der Waals surface area contributed by atoms with E-state index in [9.17, 15) is 18.5 Å². The van der Waals surface area contributed by atoms with Gasteiger partial charge in [0.05, 0.1) is 9.82 Å². The molecule has 0 bridgehead atoms. The van der Waals surface area contributed by atoms with Crippen LogP contribution in [0.1, 0.15) is 11.1 Å². The van der Waals surface area contributed by atoms with Crippen molar-refractivity contribution in [1.82, 2.24) is 14.8 Å². The number of aryl methyl sites for hydroxylation is 2. The molecular weight excluding hydrogens is 432 g/mol. The highest BCUT2D eigenvalue weighted by Gasteiger charge is 2.25. The van der Waals surface area contributed by atoms with Crippen LogP contribution in [0.2, 0.25) is 5.02 Å². The zero-order valence-electron chi connectivity index (χ0n) is 15.9. The molecular formula is C18H17ClN6O4S. The zero-order valence-corrected chi connectivity index (χ0v) is 17.5. The lowest BCUT2D eigenvalue weighted by Gasteiger charge is -2.12. The van der Waals surface area contributed by atoms with Gasteiger partial charge in [-0.3, -0.25) is 15.5 Å². The smallest absolute Gasteiger partial charge is 0.334 e. The Balaban J connectivity index is 1.90. The van der Waals surface area contributed by atoms with Gasteiger partial charge in [-0.2, -0.15) is 0 Å². The average Bonchev–Trinajstić information content (AvgIpc) is 2.69. The van der Waals surface area contributed by atoms with Crippen molar-refractivity contribution in [1.29, 1.82) is 0 Å². The topological polar surface area (TPSA) is 139 Å². The van der Waals surface area contributed by atoms with Gasteiger partial charge in [0.25, 0.3) is 10.0 Å². The second kappa shape index (κ2) is 8.61. The van der Waals surface area contributed by atoms with E-state index in [0.29, 0.717) is 10.7 Å². The van der Waals surface area contributed by atoms with Crippen LogP contribution in [0.5, 0.6) is 0 Å². The van der Waals surface area contributed by atoms with Crippen LogP contribution in [-0.4, -0.2) is 23.3 Å². The Labute approximate surface area is 177 Å². The molecule has 30 heavy (non-hydrogen) atoms. The molecule has 1 heterocycles. The monoisotopic (exact) mass is 448 g/mol. The van der Waals surface area contributed by atoms with E-state index in [0.717, 1.165) is 17.5 Å². The van der Waals surface area contributed by atoms with Gasteiger partial charge in [0.2, 0.25) is 11.6 Å². The van der Waals surface area contributed by atoms with Gasteiger partial charge in [0.1, 0.15) is 6.33 Å². The molecule has 2 aromatic carbocycles. The molecule has 10 nitrogen and oxygen atoms in total. The quantitative estimate of drug-likeness (QED) is 0.367. The zero-order chi connectivity index (χ0) is 21.9. The summed E-state index contributed by atoms with van der Waals surface area (Å²) in [7, 11) is -3.98. The van der Waals surface area contributed by atoms with Crippen LogP contribution in [0, 0.1) is 24.0 Å². The van der Waals surface area contributed by atoms with Crippen LogP contribution in [0.25, 0.3) is 0 Å². The third-order valence-electron chi connectivity index (χ3n) is 4.09. The third kappa shape index (κ3) is 4.82. The lowest BCUT2D eigenvalue weighted by atomic mass is 10.2. The summed E-state index contributed by atoms with van der Waals surface area (Å²) >= 11 is 5.99. The maximum atomic E-state index is 12.4. The molecule has 0 aliphatic rings. The van der Waals surface area contributed by atoms with Crippen molar-refractivity contribution in [2.24, 2.45) is 0 Å². The Morgan fingerprint density at radius 1 is 1.03 bits per heavy atom. The van der Waals surface area contributed by atoms with Crippen molar-refractivity contribution < 1.29 is 13.3 Å². The second-order valence-corrected chi connectivity index (χ2v) is 8.42. The molecule has 0 saturated heterocycles. The number of nitro groups is 1. The highest BCUT2D eigenvalue weighted by Crippen LogP contribution is 2.32. The van der Waals surface area contributed by atoms with E-state index in [1.54, 1.807) is 37.3 Å². The van der Waals surface area contributed by atoms with E-state index >= 15 is 0 Å². The number of nitrogens with one attached hydrogen (secondary N) is 3. The van der Waals surface area contributed by atoms with E-state index in [2.05, 4.69) is 25.5 Å². The number of hydrogen-bond donors (Lipinski definition) is 3. The molecule has 12 heteroatoms. The first kappa shape index (κ1) is 21.4. The van der Waals surface area contributed by atoms with Crippen LogP contribution >= 0.6 is 11.6 Å². The van der Waals surface area contributed by atoms with E-state index in [1.165, 1.54) is 12.1 Å². The van der Waals surface area contributed by atoms with Gasteiger partial charge in [-0.05, 0) is 43.7 Å². The molecule has 3 N–H and O–H groups in total. The van der Waals surface area contributed by atoms with Gasteiger partial charge in [-0.1, -0.05) is 35.4 Å². The molecule has 0 unspecified atom stereocenters. The third-order valence-corrected chi connectivity index (χ3v) is 5.59. The first-order valence-electron chi connectivity index (χ1n) is 8.54. The number of hydrazine groups is 1. The molecule has 3 aromatic rings. The normalized spacial score (nSPS) is 11.2. The van der Waals surface area contributed by atoms with Crippen molar-refractivity contribution in [3.8, 4) is 0 Å². The number of benzene rings is 2. The van der Waals surface area contributed by atoms with Crippen LogP contribution < -0.4 is 15.6 Å². The summed E-state index contributed by atoms with van der Waals surface area (Å²) in [5.74, 6) is -0.453. The molecule has 0 atom stereocenters. The maximum Gasteiger partial charge on any atom is 0.354 e. The fraction of sp³-hybridized carbons (Fsp3) is 0.111. The Morgan fingerprint density at radius 3 is 2.37 bits per heavy atom. The minimum atomic E-state index is -3.98. The molecule has 0 spiro atoms. The number of anilines is 3. The molecule has 156 valence electrons. The summed E-state index contributed by atoms with van der Waals surface area (Å²) in [6.45, 7) is 3.61. The van der Waals surface area contributed by atoms with Crippen LogP contribution in [0.3, 0.4) is 0 Å². The molecule has 0 aliphatic heterocycles. The molecule has 3 rings (SSSR count). The van der Waals surface area contributed by atoms with Gasteiger partial charge >= 0.3 is 5.69 Å². The number of sulfonamides is 1. The van der Waals surface area contributed by atoms with Crippen LogP contribution in [-0.2, 0) is 10.0 Å². The maximum absolute atomic E-state index is 12.4. The summed E-state index contributed by atoms with van der Waals surface area (Å²) < 4.78 is 24.9. The van der Waals surface area contributed by atoms with Crippen LogP contribution in [0.4, 0.5) is 23.0 Å². The van der Waals surface area contributed by atoms with Crippen molar-refractivity contribution in [2.45, 2.75) is 18.7 Å². The van der Waals surface area contributed by atoms with Gasteiger partial charge in [0, 0.05) is 10.7 Å². The number of hydrogen-bond acceptors (Lipinski definition) is 8. The first-order valence-corrected chi connectivity index (χ1v) is 10.4. The summed E-state index contributed by atoms with van der Waals surface area (Å²) in [5, 5.41) is 14.9. The molecule has 1 aromatic heterocycles. The average molecular weight is 449 g/mol. The highest BCUT2D eigenvalue weighted by atomic mass is 35.5. The fourth-order valence-corrected chi connectivity index (χ4v) is 3.50. The highest BCUT2D eigenvalue weighted by molar-refractivity contribution is 7.89. The van der Waals surface area contributed by atoms with E-state index in [1.807, 2.05) is 6.92 Å². The van der Waals surface area contributed by atoms with Crippen molar-refractivity contribution in [3.05, 3.63) is 75.1 Å². The molecule has 0 fully saturated rings. The standard InChI is InChI=1S/C18H17ClN6O4S/c1-11-3-7-14(8-4-11)30(28,29)24-23-18-16(25(26)27)17(20-10-21-18)22-15-9-13(19)6-5-12(15)2/h3-10,24H,1-2H3,(H2,20,21,22,23). The van der Waals surface area contributed by atoms with E-state index in [-0.39, 0.29) is 16.5 Å². The van der Waals surface area contributed by atoms with Crippen molar-refractivity contribution in [3.63, 3.8) is 0 Å². The van der Waals surface area contributed by atoms with Gasteiger partial charge < -0.3 is 5.32 Å². The first-order chi connectivity index (χ1) is 14.2. The van der Waals surface area contributed by atoms with E-state index < -0.39 is 20.6 Å². The summed E-state index contributed by atoms with van der Waals surface area (Å²) in [6.07, 6.45) is 1.07. The molecule has 0 saturated carbocycles. The Bertz CT molecular complexity index is 1200. The summed E-state index contributed by atoms with van der Waals surface area (Å²) in [5.41, 5.74) is 3.94. The predicted molar refractivity (Wildman–Crippen MR) is 113 cm³/mol. The van der Waals surface area contributed by atoms with Crippen LogP contribution in [0.15, 0.2) is 53.7 Å². The van der Waals surface area contributed by atoms with E-state index in [4.69, 9.17) is 11.6 Å². The number of nitrogens with zero attached hydrogens (tertiary/aromatic N) is 3. The Morgan fingerprint density at radius 2 is 1.70 bits per heavy atom. The molecule has 0 radical (unpaired) electrons. The second-order valence-electron chi connectivity index (χ2n) is 6.30. The minimum Gasteiger partial charge on any atom is -0.334 e. The summed E-state index contributed by atoms with van der Waals surface area (Å²) in [4.78, 5) is 20.7. The Hall–Kier alpha value is -3.28.